The van der Waals surface area contributed by atoms with Crippen molar-refractivity contribution >= 4 is 27.5 Å². The van der Waals surface area contributed by atoms with Gasteiger partial charge in [-0.2, -0.15) is 0 Å². The fraction of sp³-hybridized carbons (Fsp3) is 0.375. The minimum atomic E-state index is -4.11. The Hall–Kier alpha value is -3.85. The summed E-state index contributed by atoms with van der Waals surface area (Å²) in [4.78, 5) is 29.2. The van der Waals surface area contributed by atoms with Gasteiger partial charge in [-0.3, -0.25) is 13.9 Å². The van der Waals surface area contributed by atoms with Gasteiger partial charge in [-0.1, -0.05) is 61.9 Å². The smallest absolute Gasteiger partial charge is 0.264 e. The van der Waals surface area contributed by atoms with E-state index in [9.17, 15) is 18.0 Å². The third-order valence-electron chi connectivity index (χ3n) is 7.11. The van der Waals surface area contributed by atoms with Crippen molar-refractivity contribution in [2.45, 2.75) is 71.0 Å². The predicted octanol–water partition coefficient (Wildman–Crippen LogP) is 5.23. The summed E-state index contributed by atoms with van der Waals surface area (Å²) >= 11 is 0. The summed E-state index contributed by atoms with van der Waals surface area (Å²) in [6, 6.07) is 19.9. The Kier molecular flexibility index (Phi) is 10.9. The van der Waals surface area contributed by atoms with Crippen LogP contribution in [-0.2, 0) is 26.2 Å². The van der Waals surface area contributed by atoms with Crippen molar-refractivity contribution in [3.8, 4) is 5.75 Å². The molecule has 3 rings (SSSR count). The lowest BCUT2D eigenvalue weighted by Crippen LogP contribution is -2.53. The first-order valence-electron chi connectivity index (χ1n) is 13.9. The van der Waals surface area contributed by atoms with Gasteiger partial charge in [-0.25, -0.2) is 8.42 Å². The van der Waals surface area contributed by atoms with E-state index in [-0.39, 0.29) is 23.4 Å². The first-order valence-corrected chi connectivity index (χ1v) is 15.3. The molecule has 0 aliphatic rings. The number of ether oxygens (including phenoxy) is 1. The summed E-state index contributed by atoms with van der Waals surface area (Å²) in [5, 5.41) is 2.99. The van der Waals surface area contributed by atoms with Crippen LogP contribution in [0.25, 0.3) is 0 Å². The lowest BCUT2D eigenvalue weighted by atomic mass is 10.1. The van der Waals surface area contributed by atoms with Crippen LogP contribution in [0.15, 0.2) is 77.7 Å². The molecule has 0 bridgehead atoms. The normalized spacial score (nSPS) is 12.7. The van der Waals surface area contributed by atoms with E-state index in [2.05, 4.69) is 5.32 Å². The maximum absolute atomic E-state index is 14.2. The molecule has 3 aromatic carbocycles. The summed E-state index contributed by atoms with van der Waals surface area (Å²) in [6.07, 6.45) is 1.09. The first kappa shape index (κ1) is 31.7. The molecule has 2 amide bonds. The zero-order valence-electron chi connectivity index (χ0n) is 24.8. The Morgan fingerprint density at radius 3 is 2.24 bits per heavy atom. The Bertz CT molecular complexity index is 1440. The van der Waals surface area contributed by atoms with Gasteiger partial charge in [0.15, 0.2) is 0 Å². The van der Waals surface area contributed by atoms with Crippen LogP contribution in [-0.4, -0.2) is 50.9 Å². The number of hydrogen-bond donors (Lipinski definition) is 1. The summed E-state index contributed by atoms with van der Waals surface area (Å²) < 4.78 is 34.5. The number of carbonyl (C=O) groups is 2. The molecule has 0 aliphatic heterocycles. The van der Waals surface area contributed by atoms with Gasteiger partial charge in [0, 0.05) is 12.6 Å². The van der Waals surface area contributed by atoms with E-state index in [4.69, 9.17) is 4.74 Å². The van der Waals surface area contributed by atoms with Gasteiger partial charge >= 0.3 is 0 Å². The fourth-order valence-corrected chi connectivity index (χ4v) is 6.15. The SMILES string of the molecule is CC[C@H](C)NC(=O)[C@H](CC)N(Cc1cccc(OC)c1)C(=O)CN(c1ccc(C)cc1C)S(=O)(=O)c1ccccc1. The zero-order valence-corrected chi connectivity index (χ0v) is 25.6. The number of benzene rings is 3. The number of methoxy groups -OCH3 is 1. The highest BCUT2D eigenvalue weighted by molar-refractivity contribution is 7.92. The number of carbonyl (C=O) groups excluding carboxylic acids is 2. The number of sulfonamides is 1. The molecule has 2 atom stereocenters. The van der Waals surface area contributed by atoms with Gasteiger partial charge in [0.2, 0.25) is 11.8 Å². The number of anilines is 1. The molecule has 0 aromatic heterocycles. The van der Waals surface area contributed by atoms with Crippen molar-refractivity contribution in [2.75, 3.05) is 18.0 Å². The van der Waals surface area contributed by atoms with E-state index in [1.807, 2.05) is 65.0 Å². The Morgan fingerprint density at radius 1 is 0.927 bits per heavy atom. The molecule has 0 unspecified atom stereocenters. The highest BCUT2D eigenvalue weighted by Crippen LogP contribution is 2.28. The zero-order chi connectivity index (χ0) is 30.2. The molecular weight excluding hydrogens is 538 g/mol. The molecule has 3 aromatic rings. The third-order valence-corrected chi connectivity index (χ3v) is 8.88. The van der Waals surface area contributed by atoms with E-state index < -0.39 is 28.5 Å². The van der Waals surface area contributed by atoms with Crippen molar-refractivity contribution in [2.24, 2.45) is 0 Å². The second-order valence-corrected chi connectivity index (χ2v) is 12.1. The molecule has 0 saturated heterocycles. The quantitative estimate of drug-likeness (QED) is 0.299. The van der Waals surface area contributed by atoms with Gasteiger partial charge in [-0.15, -0.1) is 0 Å². The van der Waals surface area contributed by atoms with Crippen molar-refractivity contribution in [1.29, 1.82) is 0 Å². The number of nitrogens with one attached hydrogen (secondary N) is 1. The molecule has 1 N–H and O–H groups in total. The van der Waals surface area contributed by atoms with Gasteiger partial charge in [0.1, 0.15) is 18.3 Å². The van der Waals surface area contributed by atoms with Gasteiger partial charge in [0.25, 0.3) is 10.0 Å². The maximum Gasteiger partial charge on any atom is 0.264 e. The van der Waals surface area contributed by atoms with Crippen LogP contribution in [0.1, 0.15) is 50.3 Å². The van der Waals surface area contributed by atoms with Crippen molar-refractivity contribution in [3.05, 3.63) is 89.5 Å². The van der Waals surface area contributed by atoms with Crippen LogP contribution in [0.5, 0.6) is 5.75 Å². The summed E-state index contributed by atoms with van der Waals surface area (Å²) in [7, 11) is -2.55. The van der Waals surface area contributed by atoms with Crippen LogP contribution in [0.4, 0.5) is 5.69 Å². The number of rotatable bonds is 13. The molecular formula is C32H41N3O5S. The molecule has 0 aliphatic carbocycles. The van der Waals surface area contributed by atoms with Crippen molar-refractivity contribution in [3.63, 3.8) is 0 Å². The lowest BCUT2D eigenvalue weighted by molar-refractivity contribution is -0.140. The van der Waals surface area contributed by atoms with Gasteiger partial charge in [-0.05, 0) is 75.1 Å². The molecule has 0 heterocycles. The second kappa shape index (κ2) is 14.2. The number of aryl methyl sites for hydroxylation is 2. The van der Waals surface area contributed by atoms with Crippen LogP contribution >= 0.6 is 0 Å². The minimum Gasteiger partial charge on any atom is -0.497 e. The topological polar surface area (TPSA) is 96.0 Å². The van der Waals surface area contributed by atoms with Crippen molar-refractivity contribution < 1.29 is 22.7 Å². The predicted molar refractivity (Wildman–Crippen MR) is 162 cm³/mol. The molecule has 0 fully saturated rings. The Morgan fingerprint density at radius 2 is 1.63 bits per heavy atom. The molecule has 0 spiro atoms. The van der Waals surface area contributed by atoms with Gasteiger partial charge in [0.05, 0.1) is 17.7 Å². The van der Waals surface area contributed by atoms with Crippen LogP contribution in [0, 0.1) is 13.8 Å². The molecule has 9 heteroatoms. The van der Waals surface area contributed by atoms with E-state index in [1.165, 1.54) is 17.0 Å². The fourth-order valence-electron chi connectivity index (χ4n) is 4.65. The molecule has 41 heavy (non-hydrogen) atoms. The van der Waals surface area contributed by atoms with E-state index in [0.29, 0.717) is 17.9 Å². The third kappa shape index (κ3) is 7.88. The van der Waals surface area contributed by atoms with E-state index in [0.717, 1.165) is 27.4 Å². The standard InChI is InChI=1S/C32H41N3O5S/c1-7-25(5)33-32(37)29(8-2)34(21-26-13-12-14-27(20-26)40-6)31(36)22-35(30-18-17-23(3)19-24(30)4)41(38,39)28-15-10-9-11-16-28/h9-20,25,29H,7-8,21-22H2,1-6H3,(H,33,37)/t25-,29-/m0/s1. The van der Waals surface area contributed by atoms with Crippen molar-refractivity contribution in [1.82, 2.24) is 10.2 Å². The lowest BCUT2D eigenvalue weighted by Gasteiger charge is -2.34. The number of nitrogens with zero attached hydrogens (tertiary/aromatic N) is 2. The monoisotopic (exact) mass is 579 g/mol. The minimum absolute atomic E-state index is 0.0736. The van der Waals surface area contributed by atoms with E-state index in [1.54, 1.807) is 37.4 Å². The van der Waals surface area contributed by atoms with Crippen LogP contribution in [0.3, 0.4) is 0 Å². The van der Waals surface area contributed by atoms with Crippen LogP contribution < -0.4 is 14.4 Å². The van der Waals surface area contributed by atoms with Crippen LogP contribution in [0.2, 0.25) is 0 Å². The molecule has 0 saturated carbocycles. The maximum atomic E-state index is 14.2. The first-order chi connectivity index (χ1) is 19.5. The molecule has 220 valence electrons. The van der Waals surface area contributed by atoms with E-state index >= 15 is 0 Å². The molecule has 0 radical (unpaired) electrons. The summed E-state index contributed by atoms with van der Waals surface area (Å²) in [5.41, 5.74) is 2.86. The highest BCUT2D eigenvalue weighted by atomic mass is 32.2. The number of hydrogen-bond acceptors (Lipinski definition) is 5. The molecule has 8 nitrogen and oxygen atoms in total. The summed E-state index contributed by atoms with van der Waals surface area (Å²) in [5.74, 6) is -0.143. The average Bonchev–Trinajstić information content (AvgIpc) is 2.96. The Balaban J connectivity index is 2.09. The Labute approximate surface area is 244 Å². The average molecular weight is 580 g/mol. The largest absolute Gasteiger partial charge is 0.497 e. The second-order valence-electron chi connectivity index (χ2n) is 10.2. The summed E-state index contributed by atoms with van der Waals surface area (Å²) in [6.45, 7) is 9.11. The number of amides is 2. The van der Waals surface area contributed by atoms with Gasteiger partial charge < -0.3 is 15.0 Å². The highest BCUT2D eigenvalue weighted by Gasteiger charge is 2.34.